The van der Waals surface area contributed by atoms with Crippen LogP contribution < -0.4 is 4.90 Å². The van der Waals surface area contributed by atoms with Gasteiger partial charge in [0.15, 0.2) is 0 Å². The van der Waals surface area contributed by atoms with Crippen molar-refractivity contribution in [1.29, 1.82) is 0 Å². The van der Waals surface area contributed by atoms with E-state index in [4.69, 9.17) is 0 Å². The number of carboxylic acid groups (broad SMARTS) is 1. The third kappa shape index (κ3) is 2.17. The van der Waals surface area contributed by atoms with Crippen molar-refractivity contribution in [2.24, 2.45) is 0 Å². The highest BCUT2D eigenvalue weighted by Crippen LogP contribution is 2.24. The number of rotatable bonds is 2. The molecule has 1 aliphatic rings. The Morgan fingerprint density at radius 1 is 1.26 bits per heavy atom. The van der Waals surface area contributed by atoms with Crippen LogP contribution in [0.3, 0.4) is 0 Å². The molecule has 0 spiro atoms. The molecule has 0 saturated heterocycles. The van der Waals surface area contributed by atoms with Crippen LogP contribution in [0.25, 0.3) is 10.9 Å². The maximum Gasteiger partial charge on any atom is 0.336 e. The van der Waals surface area contributed by atoms with Crippen LogP contribution >= 0.6 is 0 Å². The zero-order chi connectivity index (χ0) is 13.2. The SMILES string of the molecule is O=C(O)c1cc(N2CC=CCC2)nc2ccccc12. The summed E-state index contributed by atoms with van der Waals surface area (Å²) in [6, 6.07) is 9.03. The van der Waals surface area contributed by atoms with Crippen molar-refractivity contribution in [2.75, 3.05) is 18.0 Å². The number of aromatic nitrogens is 1. The van der Waals surface area contributed by atoms with Gasteiger partial charge in [-0.2, -0.15) is 0 Å². The second-order valence-corrected chi connectivity index (χ2v) is 4.56. The predicted molar refractivity (Wildman–Crippen MR) is 74.7 cm³/mol. The largest absolute Gasteiger partial charge is 0.478 e. The molecule has 0 aliphatic carbocycles. The average Bonchev–Trinajstić information content (AvgIpc) is 2.47. The number of para-hydroxylation sites is 1. The lowest BCUT2D eigenvalue weighted by atomic mass is 10.1. The fourth-order valence-electron chi connectivity index (χ4n) is 2.35. The van der Waals surface area contributed by atoms with Crippen LogP contribution in [0.5, 0.6) is 0 Å². The van der Waals surface area contributed by atoms with Gasteiger partial charge in [0.2, 0.25) is 0 Å². The lowest BCUT2D eigenvalue weighted by Gasteiger charge is -2.25. The number of hydrogen-bond acceptors (Lipinski definition) is 3. The van der Waals surface area contributed by atoms with Gasteiger partial charge in [-0.3, -0.25) is 0 Å². The van der Waals surface area contributed by atoms with Gasteiger partial charge in [0.25, 0.3) is 0 Å². The normalized spacial score (nSPS) is 14.8. The molecular weight excluding hydrogens is 240 g/mol. The van der Waals surface area contributed by atoms with E-state index in [1.807, 2.05) is 18.2 Å². The van der Waals surface area contributed by atoms with Crippen molar-refractivity contribution in [3.63, 3.8) is 0 Å². The minimum Gasteiger partial charge on any atom is -0.478 e. The summed E-state index contributed by atoms with van der Waals surface area (Å²) in [5.41, 5.74) is 1.04. The molecule has 0 amide bonds. The van der Waals surface area contributed by atoms with E-state index in [0.29, 0.717) is 10.9 Å². The number of benzene rings is 1. The molecule has 2 aromatic rings. The van der Waals surface area contributed by atoms with Crippen molar-refractivity contribution >= 4 is 22.7 Å². The Morgan fingerprint density at radius 2 is 2.11 bits per heavy atom. The van der Waals surface area contributed by atoms with E-state index in [1.165, 1.54) is 0 Å². The summed E-state index contributed by atoms with van der Waals surface area (Å²) in [6.07, 6.45) is 5.19. The van der Waals surface area contributed by atoms with E-state index in [1.54, 1.807) is 12.1 Å². The summed E-state index contributed by atoms with van der Waals surface area (Å²) < 4.78 is 0. The number of anilines is 1. The van der Waals surface area contributed by atoms with Crippen LogP contribution in [0.1, 0.15) is 16.8 Å². The second-order valence-electron chi connectivity index (χ2n) is 4.56. The third-order valence-corrected chi connectivity index (χ3v) is 3.32. The molecule has 1 aromatic heterocycles. The Hall–Kier alpha value is -2.36. The highest BCUT2D eigenvalue weighted by atomic mass is 16.4. The highest BCUT2D eigenvalue weighted by Gasteiger charge is 2.15. The fourth-order valence-corrected chi connectivity index (χ4v) is 2.35. The zero-order valence-corrected chi connectivity index (χ0v) is 10.4. The van der Waals surface area contributed by atoms with Crippen LogP contribution in [0.2, 0.25) is 0 Å². The first-order valence-corrected chi connectivity index (χ1v) is 6.29. The van der Waals surface area contributed by atoms with Crippen molar-refractivity contribution in [3.8, 4) is 0 Å². The fraction of sp³-hybridized carbons (Fsp3) is 0.200. The van der Waals surface area contributed by atoms with Gasteiger partial charge in [-0.25, -0.2) is 9.78 Å². The molecule has 0 radical (unpaired) electrons. The van der Waals surface area contributed by atoms with E-state index in [-0.39, 0.29) is 0 Å². The number of fused-ring (bicyclic) bond motifs is 1. The number of nitrogens with zero attached hydrogens (tertiary/aromatic N) is 2. The molecule has 3 rings (SSSR count). The average molecular weight is 254 g/mol. The molecule has 1 aliphatic heterocycles. The minimum absolute atomic E-state index is 0.315. The molecule has 0 fully saturated rings. The van der Waals surface area contributed by atoms with Crippen molar-refractivity contribution in [1.82, 2.24) is 4.98 Å². The van der Waals surface area contributed by atoms with E-state index in [2.05, 4.69) is 22.0 Å². The van der Waals surface area contributed by atoms with Gasteiger partial charge >= 0.3 is 5.97 Å². The van der Waals surface area contributed by atoms with Gasteiger partial charge in [0.1, 0.15) is 5.82 Å². The molecular formula is C15H14N2O2. The summed E-state index contributed by atoms with van der Waals surface area (Å²) in [6.45, 7) is 1.66. The van der Waals surface area contributed by atoms with E-state index >= 15 is 0 Å². The topological polar surface area (TPSA) is 53.4 Å². The minimum atomic E-state index is -0.910. The summed E-state index contributed by atoms with van der Waals surface area (Å²) in [5.74, 6) is -0.173. The summed E-state index contributed by atoms with van der Waals surface area (Å²) in [7, 11) is 0. The monoisotopic (exact) mass is 254 g/mol. The molecule has 96 valence electrons. The zero-order valence-electron chi connectivity index (χ0n) is 10.4. The van der Waals surface area contributed by atoms with Gasteiger partial charge in [0.05, 0.1) is 11.1 Å². The standard InChI is InChI=1S/C15H14N2O2/c18-15(19)12-10-14(17-8-4-1-5-9-17)16-13-7-3-2-6-11(12)13/h1-4,6-7,10H,5,8-9H2,(H,18,19). The summed E-state index contributed by atoms with van der Waals surface area (Å²) in [4.78, 5) is 18.1. The molecule has 0 unspecified atom stereocenters. The lowest BCUT2D eigenvalue weighted by Crippen LogP contribution is -2.27. The number of hydrogen-bond donors (Lipinski definition) is 1. The summed E-state index contributed by atoms with van der Waals surface area (Å²) in [5, 5.41) is 10.0. The molecule has 4 heteroatoms. The lowest BCUT2D eigenvalue weighted by molar-refractivity contribution is 0.0699. The number of aromatic carboxylic acids is 1. The first kappa shape index (κ1) is 11.7. The molecule has 1 aromatic carbocycles. The number of carbonyl (C=O) groups is 1. The summed E-state index contributed by atoms with van der Waals surface area (Å²) >= 11 is 0. The van der Waals surface area contributed by atoms with Gasteiger partial charge in [-0.05, 0) is 18.6 Å². The van der Waals surface area contributed by atoms with Crippen LogP contribution in [0.15, 0.2) is 42.5 Å². The van der Waals surface area contributed by atoms with Crippen LogP contribution in [-0.2, 0) is 0 Å². The maximum atomic E-state index is 11.4. The molecule has 0 atom stereocenters. The first-order chi connectivity index (χ1) is 9.25. The quantitative estimate of drug-likeness (QED) is 0.837. The number of pyridine rings is 1. The Morgan fingerprint density at radius 3 is 2.84 bits per heavy atom. The second kappa shape index (κ2) is 4.72. The molecule has 2 heterocycles. The number of carboxylic acids is 1. The van der Waals surface area contributed by atoms with Crippen molar-refractivity contribution < 1.29 is 9.90 Å². The van der Waals surface area contributed by atoms with Gasteiger partial charge in [-0.1, -0.05) is 30.4 Å². The smallest absolute Gasteiger partial charge is 0.336 e. The molecule has 0 saturated carbocycles. The molecule has 0 bridgehead atoms. The highest BCUT2D eigenvalue weighted by molar-refractivity contribution is 6.03. The van der Waals surface area contributed by atoms with E-state index < -0.39 is 5.97 Å². The van der Waals surface area contributed by atoms with Gasteiger partial charge in [-0.15, -0.1) is 0 Å². The first-order valence-electron chi connectivity index (χ1n) is 6.29. The third-order valence-electron chi connectivity index (χ3n) is 3.32. The van der Waals surface area contributed by atoms with Gasteiger partial charge in [0, 0.05) is 18.5 Å². The van der Waals surface area contributed by atoms with Gasteiger partial charge < -0.3 is 10.0 Å². The molecule has 4 nitrogen and oxygen atoms in total. The molecule has 19 heavy (non-hydrogen) atoms. The van der Waals surface area contributed by atoms with Crippen LogP contribution in [0, 0.1) is 0 Å². The van der Waals surface area contributed by atoms with Crippen LogP contribution in [-0.4, -0.2) is 29.1 Å². The maximum absolute atomic E-state index is 11.4. The van der Waals surface area contributed by atoms with Crippen LogP contribution in [0.4, 0.5) is 5.82 Å². The van der Waals surface area contributed by atoms with Crippen molar-refractivity contribution in [3.05, 3.63) is 48.0 Å². The van der Waals surface area contributed by atoms with E-state index in [0.717, 1.165) is 30.8 Å². The predicted octanol–water partition coefficient (Wildman–Crippen LogP) is 2.70. The van der Waals surface area contributed by atoms with E-state index in [9.17, 15) is 9.90 Å². The van der Waals surface area contributed by atoms with Crippen molar-refractivity contribution in [2.45, 2.75) is 6.42 Å². The Balaban J connectivity index is 2.15. The Kier molecular flexibility index (Phi) is 2.91. The Bertz CT molecular complexity index is 664. The molecule has 1 N–H and O–H groups in total. The Labute approximate surface area is 111 Å².